The van der Waals surface area contributed by atoms with Crippen LogP contribution in [0.3, 0.4) is 0 Å². The molecule has 42 heavy (non-hydrogen) atoms. The number of carbonyl (C=O) groups excluding carboxylic acids is 1. The van der Waals surface area contributed by atoms with Gasteiger partial charge in [0, 0.05) is 65.4 Å². The van der Waals surface area contributed by atoms with Gasteiger partial charge in [0.1, 0.15) is 6.23 Å². The van der Waals surface area contributed by atoms with Gasteiger partial charge in [0.15, 0.2) is 0 Å². The number of pyridine rings is 1. The lowest BCUT2D eigenvalue weighted by atomic mass is 9.76. The van der Waals surface area contributed by atoms with Gasteiger partial charge in [0.25, 0.3) is 0 Å². The molecule has 3 fully saturated rings. The molecule has 6 rings (SSSR count). The van der Waals surface area contributed by atoms with Crippen molar-refractivity contribution in [1.29, 1.82) is 0 Å². The monoisotopic (exact) mass is 721 g/mol. The number of piperazine rings is 1. The second kappa shape index (κ2) is 13.9. The van der Waals surface area contributed by atoms with Gasteiger partial charge >= 0.3 is 0 Å². The van der Waals surface area contributed by atoms with Crippen molar-refractivity contribution in [3.05, 3.63) is 60.7 Å². The Morgan fingerprint density at radius 3 is 2.45 bits per heavy atom. The minimum absolute atomic E-state index is 0.213. The lowest BCUT2D eigenvalue weighted by Crippen LogP contribution is -2.50. The summed E-state index contributed by atoms with van der Waals surface area (Å²) in [5.74, 6) is 1.43. The average Bonchev–Trinajstić information content (AvgIpc) is 3.15. The molecule has 1 aliphatic carbocycles. The van der Waals surface area contributed by atoms with E-state index in [2.05, 4.69) is 59.1 Å². The maximum atomic E-state index is 12.7. The molecule has 3 aliphatic heterocycles. The Morgan fingerprint density at radius 1 is 1.00 bits per heavy atom. The zero-order valence-corrected chi connectivity index (χ0v) is 28.1. The third-order valence-electron chi connectivity index (χ3n) is 9.96. The van der Waals surface area contributed by atoms with E-state index >= 15 is 0 Å². The molecule has 0 bridgehead atoms. The highest BCUT2D eigenvalue weighted by Gasteiger charge is 2.37. The standard InChI is InChI=1S/C32H42Br2ClN5O2/c33-25-16-24-2-1-23-17-26(35)18-27(34)30(23)31(32(24)37-19-25)22-5-11-39(12-6-22)28(41)15-21-3-9-38(10-4-21)20-29(42)40-13-7-36-8-14-40/h16-19,21-22,28,31,36,41H,1-15,20H2/t28?,31-/m1/s1. The second-order valence-electron chi connectivity index (χ2n) is 12.6. The van der Waals surface area contributed by atoms with Crippen molar-refractivity contribution < 1.29 is 9.90 Å². The van der Waals surface area contributed by atoms with Crippen LogP contribution < -0.4 is 5.32 Å². The average molecular weight is 724 g/mol. The van der Waals surface area contributed by atoms with Gasteiger partial charge < -0.3 is 15.3 Å². The molecule has 2 N–H and O–H groups in total. The number of aromatic nitrogens is 1. The number of rotatable bonds is 6. The molecule has 1 aromatic heterocycles. The van der Waals surface area contributed by atoms with Crippen molar-refractivity contribution in [2.24, 2.45) is 11.8 Å². The van der Waals surface area contributed by atoms with E-state index in [1.54, 1.807) is 0 Å². The molecule has 4 heterocycles. The SMILES string of the molecule is O=C(CN1CCC(CC(O)N2CCC([C@H]3c4ncc(Br)cc4CCc4cc(Cl)cc(Br)c43)CC2)CC1)N1CCNCC1. The Balaban J connectivity index is 1.05. The first kappa shape index (κ1) is 30.9. The summed E-state index contributed by atoms with van der Waals surface area (Å²) >= 11 is 14.0. The van der Waals surface area contributed by atoms with Crippen LogP contribution in [0, 0.1) is 11.8 Å². The Hall–Kier alpha value is -1.07. The summed E-state index contributed by atoms with van der Waals surface area (Å²) in [7, 11) is 0. The van der Waals surface area contributed by atoms with Gasteiger partial charge in [-0.05, 0) is 121 Å². The summed E-state index contributed by atoms with van der Waals surface area (Å²) in [5, 5.41) is 15.4. The Labute approximate surface area is 271 Å². The molecular formula is C32H42Br2ClN5O2. The lowest BCUT2D eigenvalue weighted by molar-refractivity contribution is -0.133. The fourth-order valence-corrected chi connectivity index (χ4v) is 9.11. The van der Waals surface area contributed by atoms with Crippen LogP contribution in [0.1, 0.15) is 60.4 Å². The van der Waals surface area contributed by atoms with Crippen LogP contribution in [0.4, 0.5) is 0 Å². The summed E-state index contributed by atoms with van der Waals surface area (Å²) in [6, 6.07) is 6.41. The van der Waals surface area contributed by atoms with Crippen molar-refractivity contribution in [2.75, 3.05) is 58.9 Å². The van der Waals surface area contributed by atoms with Gasteiger partial charge in [0.05, 0.1) is 12.2 Å². The van der Waals surface area contributed by atoms with E-state index in [0.717, 1.165) is 111 Å². The lowest BCUT2D eigenvalue weighted by Gasteiger charge is -2.40. The highest BCUT2D eigenvalue weighted by molar-refractivity contribution is 9.10. The number of nitrogens with zero attached hydrogens (tertiary/aromatic N) is 4. The number of aryl methyl sites for hydroxylation is 2. The van der Waals surface area contributed by atoms with Crippen LogP contribution in [0.25, 0.3) is 0 Å². The van der Waals surface area contributed by atoms with Crippen LogP contribution in [0.5, 0.6) is 0 Å². The van der Waals surface area contributed by atoms with Crippen LogP contribution in [-0.2, 0) is 17.6 Å². The topological polar surface area (TPSA) is 71.9 Å². The van der Waals surface area contributed by atoms with Gasteiger partial charge in [-0.2, -0.15) is 0 Å². The number of aliphatic hydroxyl groups excluding tert-OH is 1. The molecule has 1 amide bonds. The molecule has 3 saturated heterocycles. The molecule has 4 aliphatic rings. The quantitative estimate of drug-likeness (QED) is 0.435. The molecular weight excluding hydrogens is 682 g/mol. The Kier molecular flexibility index (Phi) is 10.3. The molecule has 0 spiro atoms. The summed E-state index contributed by atoms with van der Waals surface area (Å²) in [6.45, 7) is 7.64. The molecule has 10 heteroatoms. The van der Waals surface area contributed by atoms with Crippen molar-refractivity contribution in [1.82, 2.24) is 25.0 Å². The van der Waals surface area contributed by atoms with Crippen molar-refractivity contribution in [3.63, 3.8) is 0 Å². The molecule has 2 atom stereocenters. The summed E-state index contributed by atoms with van der Waals surface area (Å²) in [5.41, 5.74) is 5.17. The predicted octanol–water partition coefficient (Wildman–Crippen LogP) is 5.05. The van der Waals surface area contributed by atoms with Crippen LogP contribution in [0.15, 0.2) is 33.3 Å². The predicted molar refractivity (Wildman–Crippen MR) is 174 cm³/mol. The number of likely N-dealkylation sites (tertiary alicyclic amines) is 2. The first-order chi connectivity index (χ1) is 20.4. The molecule has 2 aromatic rings. The molecule has 7 nitrogen and oxygen atoms in total. The molecule has 0 saturated carbocycles. The summed E-state index contributed by atoms with van der Waals surface area (Å²) < 4.78 is 2.11. The highest BCUT2D eigenvalue weighted by Crippen LogP contribution is 2.46. The number of aliphatic hydroxyl groups is 1. The number of nitrogens with one attached hydrogen (secondary N) is 1. The molecule has 1 unspecified atom stereocenters. The third kappa shape index (κ3) is 7.08. The van der Waals surface area contributed by atoms with E-state index in [0.29, 0.717) is 18.4 Å². The number of amides is 1. The van der Waals surface area contributed by atoms with Gasteiger partial charge in [-0.15, -0.1) is 0 Å². The fourth-order valence-electron chi connectivity index (χ4n) is 7.61. The third-order valence-corrected chi connectivity index (χ3v) is 11.3. The number of hydrogen-bond donors (Lipinski definition) is 2. The Morgan fingerprint density at radius 2 is 1.71 bits per heavy atom. The van der Waals surface area contributed by atoms with E-state index in [9.17, 15) is 9.90 Å². The van der Waals surface area contributed by atoms with E-state index in [1.165, 1.54) is 22.4 Å². The van der Waals surface area contributed by atoms with Crippen LogP contribution in [-0.4, -0.2) is 95.8 Å². The van der Waals surface area contributed by atoms with E-state index in [4.69, 9.17) is 16.6 Å². The number of carbonyl (C=O) groups is 1. The zero-order valence-electron chi connectivity index (χ0n) is 24.2. The van der Waals surface area contributed by atoms with Crippen molar-refractivity contribution in [2.45, 2.75) is 57.1 Å². The van der Waals surface area contributed by atoms with Crippen molar-refractivity contribution in [3.8, 4) is 0 Å². The first-order valence-corrected chi connectivity index (χ1v) is 17.6. The number of fused-ring (bicyclic) bond motifs is 2. The molecule has 0 radical (unpaired) electrons. The van der Waals surface area contributed by atoms with Gasteiger partial charge in [-0.1, -0.05) is 27.5 Å². The van der Waals surface area contributed by atoms with Crippen molar-refractivity contribution >= 4 is 49.4 Å². The number of hydrogen-bond acceptors (Lipinski definition) is 6. The number of halogens is 3. The van der Waals surface area contributed by atoms with Gasteiger partial charge in [0.2, 0.25) is 5.91 Å². The Bertz CT molecular complexity index is 1260. The smallest absolute Gasteiger partial charge is 0.236 e. The first-order valence-electron chi connectivity index (χ1n) is 15.6. The van der Waals surface area contributed by atoms with E-state index in [-0.39, 0.29) is 11.8 Å². The summed E-state index contributed by atoms with van der Waals surface area (Å²) in [6.07, 6.45) is 8.42. The molecule has 1 aromatic carbocycles. The molecule has 228 valence electrons. The fraction of sp³-hybridized carbons (Fsp3) is 0.625. The van der Waals surface area contributed by atoms with Crippen LogP contribution in [0.2, 0.25) is 5.02 Å². The number of benzene rings is 1. The van der Waals surface area contributed by atoms with E-state index in [1.807, 2.05) is 17.2 Å². The summed E-state index contributed by atoms with van der Waals surface area (Å²) in [4.78, 5) is 24.2. The van der Waals surface area contributed by atoms with Gasteiger partial charge in [-0.3, -0.25) is 19.6 Å². The normalized spacial score (nSPS) is 23.7. The van der Waals surface area contributed by atoms with E-state index < -0.39 is 6.23 Å². The zero-order chi connectivity index (χ0) is 29.2. The number of piperidine rings is 2. The van der Waals surface area contributed by atoms with Gasteiger partial charge in [-0.25, -0.2) is 0 Å². The maximum Gasteiger partial charge on any atom is 0.236 e. The largest absolute Gasteiger partial charge is 0.378 e. The minimum atomic E-state index is -0.404. The maximum absolute atomic E-state index is 12.7. The minimum Gasteiger partial charge on any atom is -0.378 e. The second-order valence-corrected chi connectivity index (χ2v) is 14.8. The van der Waals surface area contributed by atoms with Crippen LogP contribution >= 0.6 is 43.5 Å². The highest BCUT2D eigenvalue weighted by atomic mass is 79.9.